The summed E-state index contributed by atoms with van der Waals surface area (Å²) >= 11 is 0. The number of pyridine rings is 1. The fourth-order valence-electron chi connectivity index (χ4n) is 3.17. The Hall–Kier alpha value is -3.76. The van der Waals surface area contributed by atoms with Crippen molar-refractivity contribution in [2.24, 2.45) is 5.10 Å². The molecule has 0 unspecified atom stereocenters. The van der Waals surface area contributed by atoms with Crippen molar-refractivity contribution in [3.05, 3.63) is 72.3 Å². The molecule has 2 aromatic heterocycles. The first-order valence-electron chi connectivity index (χ1n) is 8.02. The molecule has 0 fully saturated rings. The summed E-state index contributed by atoms with van der Waals surface area (Å²) in [5.74, 6) is -0.348. The molecule has 3 heterocycles. The average molecular weight is 342 g/mol. The number of fused-ring (bicyclic) bond motifs is 1. The lowest BCUT2D eigenvalue weighted by atomic mass is 9.96. The van der Waals surface area contributed by atoms with Gasteiger partial charge in [0.15, 0.2) is 0 Å². The monoisotopic (exact) mass is 342 g/mol. The van der Waals surface area contributed by atoms with E-state index in [4.69, 9.17) is 0 Å². The van der Waals surface area contributed by atoms with Gasteiger partial charge in [0, 0.05) is 35.4 Å². The fraction of sp³-hybridized carbons (Fsp3) is 0.0500. The Labute approximate surface area is 149 Å². The number of H-pyrrole nitrogens is 1. The van der Waals surface area contributed by atoms with Crippen LogP contribution in [0.5, 0.6) is 0 Å². The van der Waals surface area contributed by atoms with Gasteiger partial charge in [-0.15, -0.1) is 0 Å². The predicted molar refractivity (Wildman–Crippen MR) is 98.6 cm³/mol. The van der Waals surface area contributed by atoms with Crippen molar-refractivity contribution in [3.8, 4) is 11.1 Å². The largest absolute Gasteiger partial charge is 0.361 e. The number of nitrogens with one attached hydrogen (secondary N) is 1. The lowest BCUT2D eigenvalue weighted by Crippen LogP contribution is -2.19. The molecule has 26 heavy (non-hydrogen) atoms. The topological polar surface area (TPSA) is 78.4 Å². The molecule has 0 spiro atoms. The molecule has 3 aromatic rings. The van der Waals surface area contributed by atoms with Crippen LogP contribution >= 0.6 is 0 Å². The zero-order chi connectivity index (χ0) is 18.1. The van der Waals surface area contributed by atoms with Crippen LogP contribution in [0.3, 0.4) is 0 Å². The van der Waals surface area contributed by atoms with Crippen molar-refractivity contribution in [1.29, 1.82) is 0 Å². The molecule has 0 radical (unpaired) electrons. The van der Waals surface area contributed by atoms with Crippen LogP contribution in [0, 0.1) is 0 Å². The first kappa shape index (κ1) is 15.7. The number of aromatic nitrogens is 2. The van der Waals surface area contributed by atoms with Crippen LogP contribution in [0.25, 0.3) is 22.3 Å². The Bertz CT molecular complexity index is 1060. The predicted octanol–water partition coefficient (Wildman–Crippen LogP) is 3.60. The fourth-order valence-corrected chi connectivity index (χ4v) is 3.17. The molecule has 1 aliphatic heterocycles. The van der Waals surface area contributed by atoms with Crippen LogP contribution < -0.4 is 5.01 Å². The van der Waals surface area contributed by atoms with Crippen molar-refractivity contribution in [1.82, 2.24) is 9.97 Å². The maximum Gasteiger partial charge on any atom is 0.280 e. The van der Waals surface area contributed by atoms with E-state index in [1.807, 2.05) is 43.3 Å². The molecule has 1 aromatic carbocycles. The zero-order valence-electron chi connectivity index (χ0n) is 13.9. The van der Waals surface area contributed by atoms with Crippen LogP contribution in [0.2, 0.25) is 0 Å². The number of hydrogen-bond donors (Lipinski definition) is 1. The van der Waals surface area contributed by atoms with Gasteiger partial charge in [-0.2, -0.15) is 5.01 Å². The van der Waals surface area contributed by atoms with Gasteiger partial charge in [-0.3, -0.25) is 9.78 Å². The van der Waals surface area contributed by atoms with Gasteiger partial charge < -0.3 is 4.98 Å². The van der Waals surface area contributed by atoms with Gasteiger partial charge in [-0.25, -0.2) is 4.79 Å². The van der Waals surface area contributed by atoms with E-state index >= 15 is 0 Å². The second-order valence-corrected chi connectivity index (χ2v) is 5.87. The highest BCUT2D eigenvalue weighted by Crippen LogP contribution is 2.42. The zero-order valence-corrected chi connectivity index (χ0v) is 13.9. The molecule has 4 rings (SSSR count). The minimum Gasteiger partial charge on any atom is -0.361 e. The number of carbonyl (C=O) groups excluding carboxylic acids is 2. The molecular weight excluding hydrogens is 328 g/mol. The van der Waals surface area contributed by atoms with Crippen LogP contribution in [0.4, 0.5) is 5.69 Å². The molecular formula is C20H14N4O2. The highest BCUT2D eigenvalue weighted by atomic mass is 16.2. The molecule has 1 amide bonds. The Morgan fingerprint density at radius 3 is 2.77 bits per heavy atom. The van der Waals surface area contributed by atoms with Gasteiger partial charge in [0.25, 0.3) is 12.0 Å². The summed E-state index contributed by atoms with van der Waals surface area (Å²) in [7, 11) is 0. The minimum atomic E-state index is -0.348. The number of aromatic amines is 1. The minimum absolute atomic E-state index is 0.348. The number of anilines is 1. The molecule has 6 nitrogen and oxygen atoms in total. The molecule has 0 bridgehead atoms. The standard InChI is InChI=1S/C20H14N4O2/c1-13(17-5-3-9-22-17)19-16-10-14(15-4-2-8-21-11-15)6-7-18(16)24(20(19)26)23-12-25/h2-11,22H,1H3. The van der Waals surface area contributed by atoms with E-state index in [-0.39, 0.29) is 5.91 Å². The van der Waals surface area contributed by atoms with E-state index in [1.165, 1.54) is 6.08 Å². The van der Waals surface area contributed by atoms with E-state index in [2.05, 4.69) is 15.1 Å². The number of isocyanates is 1. The van der Waals surface area contributed by atoms with Crippen molar-refractivity contribution in [2.45, 2.75) is 6.92 Å². The van der Waals surface area contributed by atoms with Crippen LogP contribution in [0.1, 0.15) is 18.2 Å². The number of allylic oxidation sites excluding steroid dienone is 1. The van der Waals surface area contributed by atoms with E-state index in [1.54, 1.807) is 24.7 Å². The summed E-state index contributed by atoms with van der Waals surface area (Å²) in [6, 6.07) is 13.2. The lowest BCUT2D eigenvalue weighted by molar-refractivity contribution is -0.113. The van der Waals surface area contributed by atoms with Gasteiger partial charge in [-0.1, -0.05) is 17.2 Å². The Morgan fingerprint density at radius 1 is 1.19 bits per heavy atom. The van der Waals surface area contributed by atoms with Gasteiger partial charge >= 0.3 is 0 Å². The van der Waals surface area contributed by atoms with Crippen LogP contribution in [0.15, 0.2) is 66.2 Å². The van der Waals surface area contributed by atoms with Gasteiger partial charge in [0.1, 0.15) is 0 Å². The number of carbonyl (C=O) groups is 1. The SMILES string of the molecule is CC(=C1C(=O)N(N=C=O)c2ccc(-c3cccnc3)cc21)c1ccc[nH]1. The van der Waals surface area contributed by atoms with Crippen molar-refractivity contribution >= 4 is 28.8 Å². The first-order valence-corrected chi connectivity index (χ1v) is 8.02. The summed E-state index contributed by atoms with van der Waals surface area (Å²) in [6.07, 6.45) is 6.73. The highest BCUT2D eigenvalue weighted by molar-refractivity contribution is 6.37. The number of amides is 1. The Balaban J connectivity index is 1.95. The molecule has 0 atom stereocenters. The van der Waals surface area contributed by atoms with Crippen LogP contribution in [-0.2, 0) is 9.59 Å². The maximum atomic E-state index is 12.9. The van der Waals surface area contributed by atoms with E-state index in [0.717, 1.165) is 33.0 Å². The average Bonchev–Trinajstić information content (AvgIpc) is 3.30. The molecule has 0 saturated heterocycles. The Kier molecular flexibility index (Phi) is 3.80. The summed E-state index contributed by atoms with van der Waals surface area (Å²) in [5, 5.41) is 4.68. The molecule has 1 N–H and O–H groups in total. The van der Waals surface area contributed by atoms with Crippen molar-refractivity contribution in [3.63, 3.8) is 0 Å². The Morgan fingerprint density at radius 2 is 2.08 bits per heavy atom. The van der Waals surface area contributed by atoms with E-state index in [9.17, 15) is 9.59 Å². The highest BCUT2D eigenvalue weighted by Gasteiger charge is 2.35. The third-order valence-corrected chi connectivity index (χ3v) is 4.41. The summed E-state index contributed by atoms with van der Waals surface area (Å²) < 4.78 is 0. The van der Waals surface area contributed by atoms with Crippen molar-refractivity contribution < 1.29 is 9.59 Å². The van der Waals surface area contributed by atoms with Gasteiger partial charge in [-0.05, 0) is 48.4 Å². The third-order valence-electron chi connectivity index (χ3n) is 4.41. The number of hydrazone groups is 1. The summed E-state index contributed by atoms with van der Waals surface area (Å²) in [6.45, 7) is 1.87. The maximum absolute atomic E-state index is 12.9. The number of benzene rings is 1. The van der Waals surface area contributed by atoms with Crippen LogP contribution in [-0.4, -0.2) is 22.0 Å². The lowest BCUT2D eigenvalue weighted by Gasteiger charge is -2.08. The van der Waals surface area contributed by atoms with Crippen molar-refractivity contribution in [2.75, 3.05) is 5.01 Å². The molecule has 1 aliphatic rings. The quantitative estimate of drug-likeness (QED) is 0.449. The normalized spacial score (nSPS) is 14.8. The number of nitrogens with zero attached hydrogens (tertiary/aromatic N) is 3. The first-order chi connectivity index (χ1) is 12.7. The molecule has 0 aliphatic carbocycles. The van der Waals surface area contributed by atoms with Gasteiger partial charge in [0.05, 0.1) is 11.3 Å². The molecule has 6 heteroatoms. The second-order valence-electron chi connectivity index (χ2n) is 5.87. The summed E-state index contributed by atoms with van der Waals surface area (Å²) in [5.41, 5.74) is 5.29. The number of rotatable bonds is 3. The molecule has 126 valence electrons. The smallest absolute Gasteiger partial charge is 0.280 e. The third kappa shape index (κ3) is 2.46. The second kappa shape index (κ2) is 6.27. The summed E-state index contributed by atoms with van der Waals surface area (Å²) in [4.78, 5) is 31.0. The van der Waals surface area contributed by atoms with Gasteiger partial charge in [0.2, 0.25) is 0 Å². The van der Waals surface area contributed by atoms with E-state index < -0.39 is 0 Å². The van der Waals surface area contributed by atoms with E-state index in [0.29, 0.717) is 11.3 Å². The molecule has 0 saturated carbocycles. The number of hydrogen-bond acceptors (Lipinski definition) is 4.